The Balaban J connectivity index is 1.96. The number of aliphatic hydroxyl groups excluding tert-OH is 2. The summed E-state index contributed by atoms with van der Waals surface area (Å²) in [5.41, 5.74) is 28.6. The van der Waals surface area contributed by atoms with Crippen molar-refractivity contribution >= 4 is 130 Å². The maximum atomic E-state index is 14.8. The molecular weight excluding hydrogens is 1770 g/mol. The van der Waals surface area contributed by atoms with E-state index in [1.54, 1.807) is 19.9 Å². The van der Waals surface area contributed by atoms with Crippen molar-refractivity contribution in [3.63, 3.8) is 0 Å². The number of carbonyl (C=O) groups excluding carboxylic acids is 17. The van der Waals surface area contributed by atoms with Gasteiger partial charge in [-0.3, -0.25) is 101 Å². The van der Waals surface area contributed by atoms with E-state index in [1.807, 2.05) is 13.8 Å². The molecule has 1 saturated heterocycles. The van der Waals surface area contributed by atoms with Gasteiger partial charge in [0.2, 0.25) is 100 Å². The third kappa shape index (κ3) is 41.8. The Morgan fingerprint density at radius 1 is 0.418 bits per heavy atom. The Hall–Kier alpha value is -13.8. The van der Waals surface area contributed by atoms with E-state index in [-0.39, 0.29) is 87.7 Å². The van der Waals surface area contributed by atoms with Gasteiger partial charge in [-0.05, 0) is 132 Å². The van der Waals surface area contributed by atoms with Gasteiger partial charge in [0.15, 0.2) is 5.96 Å². The first kappa shape index (κ1) is 114. The van der Waals surface area contributed by atoms with Crippen molar-refractivity contribution in [1.29, 1.82) is 5.41 Å². The van der Waals surface area contributed by atoms with E-state index in [0.717, 1.165) is 4.90 Å². The normalized spacial score (nSPS) is 15.6. The Labute approximate surface area is 771 Å². The number of primary amides is 2. The lowest BCUT2D eigenvalue weighted by molar-refractivity contribution is -0.144. The maximum absolute atomic E-state index is 14.8. The SMILES string of the molecule is CC(C)C[C@H](NC(=O)[C@H](CC(N)=O)NC(=O)[C@H](CCC(=O)O)NC(=O)[C@@H]1CCCN1C(=O)[C@H](CCC(N)=O)NC(=O)[C@H](Cc1ccccc1)NC(=O)[C@H](CC(=O)O)NC(=O)[C@H](CCC(=O)O)NC(=O)[C@@H](NC(=O)[C@H](CO)NC(=O)[C@H](Cc1ccc(O)cc1)NC(=O)[C@H](C)NC(=O)[C@H](CCCNC(=N)N)NC(=O)[C@H](CO)NC(=O)[C@H](CCCCN)NC(=O)[C@@H](N)CC(C)C)C(C)C)C(=O)O. The Morgan fingerprint density at radius 2 is 0.828 bits per heavy atom. The number of nitrogens with two attached hydrogens (primary N) is 5. The number of nitrogens with one attached hydrogen (secondary N) is 16. The predicted octanol–water partition coefficient (Wildman–Crippen LogP) is -8.14. The van der Waals surface area contributed by atoms with Gasteiger partial charge in [0.05, 0.1) is 32.1 Å². The molecule has 1 fully saturated rings. The highest BCUT2D eigenvalue weighted by atomic mass is 16.4. The van der Waals surface area contributed by atoms with E-state index in [1.165, 1.54) is 69.3 Å². The number of phenolic OH excluding ortho intramolecular Hbond substituents is 1. The van der Waals surface area contributed by atoms with Crippen molar-refractivity contribution in [3.8, 4) is 5.75 Å². The minimum Gasteiger partial charge on any atom is -0.508 e. The average Bonchev–Trinajstić information content (AvgIpc) is 1.70. The molecule has 33 N–H and O–H groups in total. The van der Waals surface area contributed by atoms with Crippen molar-refractivity contribution in [2.75, 3.05) is 32.8 Å². The summed E-state index contributed by atoms with van der Waals surface area (Å²) in [5.74, 6) is -27.6. The third-order valence-corrected chi connectivity index (χ3v) is 20.9. The summed E-state index contributed by atoms with van der Waals surface area (Å²) in [7, 11) is 0. The van der Waals surface area contributed by atoms with Gasteiger partial charge >= 0.3 is 23.9 Å². The molecule has 16 atom stereocenters. The zero-order valence-electron chi connectivity index (χ0n) is 75.7. The van der Waals surface area contributed by atoms with Gasteiger partial charge in [0.1, 0.15) is 96.4 Å². The molecule has 50 nitrogen and oxygen atoms in total. The standard InChI is InChI=1S/C84H130N22O28/c1-41(2)33-48(86)69(119)93-49(17-11-12-30-85)71(121)103-59(39-107)78(128)94-50(18-13-31-91-84(89)90)70(120)92-44(7)68(118)98-54(36-46-20-22-47(109)23-21-46)75(125)104-60(40-108)79(129)105-67(43(5)6)81(131)96-52(26-29-65(114)115)73(123)101-57(38-66(116)117)77(127)99-55(35-45-15-9-8-10-16-45)74(124)97-53(24-27-62(87)110)82(132)106-32-14-19-61(106)80(130)95-51(25-28-64(112)113)72(122)100-56(37-63(88)111)76(126)102-58(83(133)134)34-42(3)4/h8-10,15-16,20-23,41-44,48-61,67,107-109H,11-14,17-19,24-40,85-86H2,1-7H3,(H2,87,110)(H2,88,111)(H,92,120)(H,93,119)(H,94,128)(H,95,130)(H,96,131)(H,97,124)(H,98,118)(H,99,127)(H,100,122)(H,101,123)(H,102,126)(H,103,121)(H,104,125)(H,105,129)(H,112,113)(H,114,115)(H,116,117)(H,133,134)(H4,89,90,91)/t44-,48-,49-,50-,51-,52-,53-,54-,55-,56-,57-,58-,59-,60-,61-,67-/m0/s1. The molecule has 1 aliphatic rings. The number of aromatic hydroxyl groups is 1. The number of aliphatic carboxylic acids is 4. The van der Waals surface area contributed by atoms with Crippen molar-refractivity contribution in [2.45, 2.75) is 267 Å². The van der Waals surface area contributed by atoms with Crippen LogP contribution < -0.4 is 108 Å². The lowest BCUT2D eigenvalue weighted by Gasteiger charge is -2.31. The second-order valence-electron chi connectivity index (χ2n) is 33.4. The third-order valence-electron chi connectivity index (χ3n) is 20.9. The van der Waals surface area contributed by atoms with Crippen LogP contribution in [0.4, 0.5) is 0 Å². The largest absolute Gasteiger partial charge is 0.508 e. The first-order chi connectivity index (χ1) is 63.0. The number of carboxylic acids is 4. The molecule has 17 amide bonds. The van der Waals surface area contributed by atoms with Crippen LogP contribution in [-0.2, 0) is 114 Å². The maximum Gasteiger partial charge on any atom is 0.326 e. The van der Waals surface area contributed by atoms with E-state index in [9.17, 15) is 136 Å². The van der Waals surface area contributed by atoms with E-state index >= 15 is 0 Å². The smallest absolute Gasteiger partial charge is 0.326 e. The number of phenols is 1. The summed E-state index contributed by atoms with van der Waals surface area (Å²) in [5, 5.41) is 114. The van der Waals surface area contributed by atoms with Crippen molar-refractivity contribution < 1.29 is 136 Å². The summed E-state index contributed by atoms with van der Waals surface area (Å²) < 4.78 is 0. The first-order valence-electron chi connectivity index (χ1n) is 43.6. The average molecular weight is 1900 g/mol. The number of carboxylic acid groups (broad SMARTS) is 4. The van der Waals surface area contributed by atoms with Crippen LogP contribution in [0.25, 0.3) is 0 Å². The molecule has 0 aliphatic carbocycles. The number of aliphatic hydroxyl groups is 2. The second kappa shape index (κ2) is 58.2. The second-order valence-corrected chi connectivity index (χ2v) is 33.4. The Morgan fingerprint density at radius 3 is 1.31 bits per heavy atom. The molecule has 0 unspecified atom stereocenters. The van der Waals surface area contributed by atoms with Gasteiger partial charge < -0.3 is 149 Å². The van der Waals surface area contributed by atoms with E-state index in [0.29, 0.717) is 18.4 Å². The van der Waals surface area contributed by atoms with Gasteiger partial charge in [0, 0.05) is 45.2 Å². The quantitative estimate of drug-likeness (QED) is 0.0166. The fraction of sp³-hybridized carbons (Fsp3) is 0.595. The van der Waals surface area contributed by atoms with Gasteiger partial charge in [-0.2, -0.15) is 0 Å². The monoisotopic (exact) mass is 1890 g/mol. The molecule has 2 aromatic rings. The molecule has 0 saturated carbocycles. The van der Waals surface area contributed by atoms with Gasteiger partial charge in [-0.1, -0.05) is 84.0 Å². The van der Waals surface area contributed by atoms with Crippen molar-refractivity contribution in [2.24, 2.45) is 46.4 Å². The summed E-state index contributed by atoms with van der Waals surface area (Å²) in [6.45, 7) is 8.61. The molecule has 1 aliphatic heterocycles. The van der Waals surface area contributed by atoms with Crippen molar-refractivity contribution in [3.05, 3.63) is 65.7 Å². The van der Waals surface area contributed by atoms with Crippen LogP contribution in [0.2, 0.25) is 0 Å². The summed E-state index contributed by atoms with van der Waals surface area (Å²) in [4.78, 5) is 287. The molecular formula is C84H130N22O28. The summed E-state index contributed by atoms with van der Waals surface area (Å²) in [6, 6.07) is -14.6. The molecule has 50 heteroatoms. The number of unbranched alkanes of at least 4 members (excludes halogenated alkanes) is 1. The number of hydrogen-bond donors (Lipinski definition) is 28. The number of rotatable bonds is 62. The van der Waals surface area contributed by atoms with Crippen LogP contribution in [-0.4, -0.2) is 300 Å². The van der Waals surface area contributed by atoms with Crippen LogP contribution in [0.15, 0.2) is 54.6 Å². The number of guanidine groups is 1. The molecule has 0 radical (unpaired) electrons. The highest BCUT2D eigenvalue weighted by molar-refractivity contribution is 6.02. The number of carbonyl (C=O) groups is 21. The van der Waals surface area contributed by atoms with Crippen LogP contribution in [0.3, 0.4) is 0 Å². The topological polar surface area (TPSA) is 838 Å². The van der Waals surface area contributed by atoms with Crippen LogP contribution >= 0.6 is 0 Å². The predicted molar refractivity (Wildman–Crippen MR) is 473 cm³/mol. The molecule has 1 heterocycles. The highest BCUT2D eigenvalue weighted by Gasteiger charge is 2.43. The summed E-state index contributed by atoms with van der Waals surface area (Å²) in [6.07, 6.45) is -6.77. The molecule has 2 aromatic carbocycles. The van der Waals surface area contributed by atoms with E-state index in [4.69, 9.17) is 34.1 Å². The molecule has 0 spiro atoms. The lowest BCUT2D eigenvalue weighted by Crippen LogP contribution is -2.62. The van der Waals surface area contributed by atoms with Crippen molar-refractivity contribution in [1.82, 2.24) is 84.7 Å². The number of likely N-dealkylation sites (tertiary alicyclic amines) is 1. The van der Waals surface area contributed by atoms with Gasteiger partial charge in [-0.15, -0.1) is 0 Å². The molecule has 3 rings (SSSR count). The fourth-order valence-electron chi connectivity index (χ4n) is 13.8. The molecule has 0 bridgehead atoms. The highest BCUT2D eigenvalue weighted by Crippen LogP contribution is 2.22. The Bertz CT molecular complexity index is 4410. The van der Waals surface area contributed by atoms with Crippen LogP contribution in [0.5, 0.6) is 5.75 Å². The molecule has 744 valence electrons. The number of amides is 17. The minimum atomic E-state index is -2.22. The molecule has 134 heavy (non-hydrogen) atoms. The van der Waals surface area contributed by atoms with Crippen LogP contribution in [0.1, 0.15) is 169 Å². The van der Waals surface area contributed by atoms with Gasteiger partial charge in [-0.25, -0.2) is 4.79 Å². The first-order valence-corrected chi connectivity index (χ1v) is 43.6. The number of benzene rings is 2. The van der Waals surface area contributed by atoms with E-state index < -0.39 is 310 Å². The van der Waals surface area contributed by atoms with E-state index in [2.05, 4.69) is 79.8 Å². The zero-order valence-corrected chi connectivity index (χ0v) is 75.7. The van der Waals surface area contributed by atoms with Crippen LogP contribution in [0, 0.1) is 23.2 Å². The number of hydrogen-bond acceptors (Lipinski definition) is 27. The van der Waals surface area contributed by atoms with Gasteiger partial charge in [0.25, 0.3) is 0 Å². The zero-order chi connectivity index (χ0) is 101. The minimum absolute atomic E-state index is 0.00909. The fourth-order valence-corrected chi connectivity index (χ4v) is 13.8. The Kier molecular flexibility index (Phi) is 49.7. The number of nitrogens with zero attached hydrogens (tertiary/aromatic N) is 1. The molecule has 0 aromatic heterocycles. The lowest BCUT2D eigenvalue weighted by atomic mass is 10.0. The summed E-state index contributed by atoms with van der Waals surface area (Å²) >= 11 is 0.